The molecule has 0 radical (unpaired) electrons. The van der Waals surface area contributed by atoms with E-state index in [-0.39, 0.29) is 17.5 Å². The van der Waals surface area contributed by atoms with Crippen LogP contribution in [0.25, 0.3) is 0 Å². The minimum Gasteiger partial charge on any atom is -0.458 e. The van der Waals surface area contributed by atoms with Crippen molar-refractivity contribution in [3.8, 4) is 0 Å². The van der Waals surface area contributed by atoms with Crippen LogP contribution in [0.3, 0.4) is 0 Å². The Hall–Kier alpha value is -4.40. The van der Waals surface area contributed by atoms with Gasteiger partial charge in [0.2, 0.25) is 0 Å². The molecule has 0 unspecified atom stereocenters. The molecular weight excluding hydrogens is 527 g/mol. The third-order valence-electron chi connectivity index (χ3n) is 5.38. The van der Waals surface area contributed by atoms with E-state index >= 15 is 0 Å². The van der Waals surface area contributed by atoms with Crippen LogP contribution in [0.1, 0.15) is 28.6 Å². The second-order valence-corrected chi connectivity index (χ2v) is 8.87. The van der Waals surface area contributed by atoms with Crippen molar-refractivity contribution in [3.05, 3.63) is 124 Å². The molecule has 0 saturated heterocycles. The van der Waals surface area contributed by atoms with E-state index in [2.05, 4.69) is 21.2 Å². The zero-order valence-electron chi connectivity index (χ0n) is 19.9. The Morgan fingerprint density at radius 3 is 2.11 bits per heavy atom. The summed E-state index contributed by atoms with van der Waals surface area (Å²) in [6, 6.07) is 26.6. The molecule has 0 saturated carbocycles. The summed E-state index contributed by atoms with van der Waals surface area (Å²) in [7, 11) is 0. The van der Waals surface area contributed by atoms with Crippen LogP contribution < -0.4 is 16.1 Å². The van der Waals surface area contributed by atoms with E-state index in [9.17, 15) is 14.4 Å². The van der Waals surface area contributed by atoms with Crippen LogP contribution >= 0.6 is 23.2 Å². The number of rotatable bonds is 8. The fourth-order valence-corrected chi connectivity index (χ4v) is 3.88. The van der Waals surface area contributed by atoms with Gasteiger partial charge in [0.15, 0.2) is 0 Å². The van der Waals surface area contributed by atoms with Gasteiger partial charge in [-0.3, -0.25) is 14.4 Å². The summed E-state index contributed by atoms with van der Waals surface area (Å²) in [6.07, 6.45) is 1.35. The van der Waals surface area contributed by atoms with E-state index in [4.69, 9.17) is 27.6 Å². The SMILES string of the molecule is O=C(NCc1ccc(/C=N\NC(=O)C(c2ccccc2)c2ccccc2)o1)C(=O)Nc1ccc(Cl)c(Cl)c1. The average molecular weight is 549 g/mol. The highest BCUT2D eigenvalue weighted by atomic mass is 35.5. The maximum absolute atomic E-state index is 13.0. The molecular formula is C28H22Cl2N4O4. The lowest BCUT2D eigenvalue weighted by Gasteiger charge is -2.16. The number of furan rings is 1. The van der Waals surface area contributed by atoms with E-state index in [1.54, 1.807) is 12.1 Å². The third kappa shape index (κ3) is 7.09. The van der Waals surface area contributed by atoms with Crippen LogP contribution in [0, 0.1) is 0 Å². The Labute approximate surface area is 228 Å². The Morgan fingerprint density at radius 2 is 1.47 bits per heavy atom. The topological polar surface area (TPSA) is 113 Å². The zero-order chi connectivity index (χ0) is 26.9. The number of nitrogens with zero attached hydrogens (tertiary/aromatic N) is 1. The Morgan fingerprint density at radius 1 is 0.816 bits per heavy atom. The monoisotopic (exact) mass is 548 g/mol. The summed E-state index contributed by atoms with van der Waals surface area (Å²) in [5.41, 5.74) is 4.57. The van der Waals surface area contributed by atoms with Crippen molar-refractivity contribution < 1.29 is 18.8 Å². The molecule has 1 heterocycles. The Balaban J connectivity index is 1.31. The van der Waals surface area contributed by atoms with Gasteiger partial charge in [0, 0.05) is 5.69 Å². The number of halogens is 2. The molecule has 0 aliphatic rings. The lowest BCUT2D eigenvalue weighted by atomic mass is 9.91. The van der Waals surface area contributed by atoms with Gasteiger partial charge in [0.25, 0.3) is 5.91 Å². The van der Waals surface area contributed by atoms with Crippen LogP contribution in [0.4, 0.5) is 5.69 Å². The first-order chi connectivity index (χ1) is 18.4. The van der Waals surface area contributed by atoms with Gasteiger partial charge in [0.1, 0.15) is 11.5 Å². The molecule has 0 bridgehead atoms. The van der Waals surface area contributed by atoms with Gasteiger partial charge in [-0.15, -0.1) is 0 Å². The summed E-state index contributed by atoms with van der Waals surface area (Å²) < 4.78 is 5.59. The van der Waals surface area contributed by atoms with Gasteiger partial charge in [-0.25, -0.2) is 5.43 Å². The molecule has 3 N–H and O–H groups in total. The summed E-state index contributed by atoms with van der Waals surface area (Å²) in [6.45, 7) is -0.0298. The molecule has 0 atom stereocenters. The second-order valence-electron chi connectivity index (χ2n) is 8.06. The lowest BCUT2D eigenvalue weighted by Crippen LogP contribution is -2.34. The van der Waals surface area contributed by atoms with Crippen LogP contribution in [-0.2, 0) is 20.9 Å². The highest BCUT2D eigenvalue weighted by Crippen LogP contribution is 2.25. The van der Waals surface area contributed by atoms with E-state index < -0.39 is 17.7 Å². The number of carbonyl (C=O) groups is 3. The minimum absolute atomic E-state index is 0.0298. The summed E-state index contributed by atoms with van der Waals surface area (Å²) in [5, 5.41) is 9.51. The molecule has 1 aromatic heterocycles. The normalized spacial score (nSPS) is 10.9. The van der Waals surface area contributed by atoms with Crippen molar-refractivity contribution in [2.24, 2.45) is 5.10 Å². The molecule has 0 spiro atoms. The zero-order valence-corrected chi connectivity index (χ0v) is 21.4. The molecule has 4 aromatic rings. The highest BCUT2D eigenvalue weighted by molar-refractivity contribution is 6.42. The molecule has 3 amide bonds. The number of hydrogen-bond donors (Lipinski definition) is 3. The fraction of sp³-hybridized carbons (Fsp3) is 0.0714. The van der Waals surface area contributed by atoms with Gasteiger partial charge in [-0.2, -0.15) is 5.10 Å². The largest absolute Gasteiger partial charge is 0.458 e. The minimum atomic E-state index is -0.870. The van der Waals surface area contributed by atoms with Gasteiger partial charge in [-0.05, 0) is 41.5 Å². The van der Waals surface area contributed by atoms with Crippen molar-refractivity contribution in [3.63, 3.8) is 0 Å². The number of benzene rings is 3. The second kappa shape index (κ2) is 12.7. The van der Waals surface area contributed by atoms with E-state index in [1.165, 1.54) is 24.4 Å². The first-order valence-electron chi connectivity index (χ1n) is 11.5. The standard InChI is InChI=1S/C28H22Cl2N4O4/c29-23-14-11-20(15-24(23)30)33-28(37)27(36)31-16-21-12-13-22(38-21)17-32-34-26(35)25(18-7-3-1-4-8-18)19-9-5-2-6-10-19/h1-15,17,25H,16H2,(H,31,36)(H,33,37)(H,34,35)/b32-17-. The number of anilines is 1. The smallest absolute Gasteiger partial charge is 0.313 e. The maximum atomic E-state index is 13.0. The molecule has 0 aliphatic carbocycles. The van der Waals surface area contributed by atoms with Crippen LogP contribution in [0.2, 0.25) is 10.0 Å². The quantitative estimate of drug-likeness (QED) is 0.161. The van der Waals surface area contributed by atoms with Crippen LogP contribution in [0.5, 0.6) is 0 Å². The number of hydrogen-bond acceptors (Lipinski definition) is 5. The molecule has 3 aromatic carbocycles. The molecule has 192 valence electrons. The van der Waals surface area contributed by atoms with Gasteiger partial charge in [0.05, 0.1) is 28.7 Å². The van der Waals surface area contributed by atoms with E-state index in [1.807, 2.05) is 60.7 Å². The molecule has 4 rings (SSSR count). The molecule has 10 heteroatoms. The van der Waals surface area contributed by atoms with Crippen molar-refractivity contribution in [1.82, 2.24) is 10.7 Å². The fourth-order valence-electron chi connectivity index (χ4n) is 3.58. The van der Waals surface area contributed by atoms with Gasteiger partial charge in [-0.1, -0.05) is 83.9 Å². The first-order valence-corrected chi connectivity index (χ1v) is 12.2. The molecule has 38 heavy (non-hydrogen) atoms. The highest BCUT2D eigenvalue weighted by Gasteiger charge is 2.22. The number of hydrazone groups is 1. The average Bonchev–Trinajstić information content (AvgIpc) is 3.38. The van der Waals surface area contributed by atoms with Crippen molar-refractivity contribution >= 4 is 52.8 Å². The lowest BCUT2D eigenvalue weighted by molar-refractivity contribution is -0.136. The number of carbonyl (C=O) groups excluding carboxylic acids is 3. The molecule has 0 aliphatic heterocycles. The van der Waals surface area contributed by atoms with Gasteiger partial charge >= 0.3 is 11.8 Å². The van der Waals surface area contributed by atoms with Gasteiger partial charge < -0.3 is 15.1 Å². The summed E-state index contributed by atoms with van der Waals surface area (Å²) in [5.74, 6) is -1.82. The molecule has 8 nitrogen and oxygen atoms in total. The molecule has 0 fully saturated rings. The third-order valence-corrected chi connectivity index (χ3v) is 6.12. The van der Waals surface area contributed by atoms with Crippen molar-refractivity contribution in [1.29, 1.82) is 0 Å². The predicted octanol–water partition coefficient (Wildman–Crippen LogP) is 5.12. The number of nitrogens with one attached hydrogen (secondary N) is 3. The summed E-state index contributed by atoms with van der Waals surface area (Å²) >= 11 is 11.8. The maximum Gasteiger partial charge on any atom is 0.313 e. The predicted molar refractivity (Wildman–Crippen MR) is 146 cm³/mol. The van der Waals surface area contributed by atoms with Crippen LogP contribution in [0.15, 0.2) is 101 Å². The first kappa shape index (κ1) is 26.7. The summed E-state index contributed by atoms with van der Waals surface area (Å²) in [4.78, 5) is 37.2. The van der Waals surface area contributed by atoms with E-state index in [0.29, 0.717) is 22.2 Å². The number of amides is 3. The van der Waals surface area contributed by atoms with Crippen molar-refractivity contribution in [2.75, 3.05) is 5.32 Å². The van der Waals surface area contributed by atoms with Crippen LogP contribution in [-0.4, -0.2) is 23.9 Å². The Kier molecular flexibility index (Phi) is 8.92. The Bertz CT molecular complexity index is 1420. The van der Waals surface area contributed by atoms with E-state index in [0.717, 1.165) is 11.1 Å². The van der Waals surface area contributed by atoms with Crippen molar-refractivity contribution in [2.45, 2.75) is 12.5 Å².